The molecule has 4 heteroatoms. The quantitative estimate of drug-likeness (QED) is 0.737. The van der Waals surface area contributed by atoms with Gasteiger partial charge in [0.1, 0.15) is 6.10 Å². The van der Waals surface area contributed by atoms with E-state index in [1.165, 1.54) is 12.8 Å². The summed E-state index contributed by atoms with van der Waals surface area (Å²) in [6.07, 6.45) is 7.08. The van der Waals surface area contributed by atoms with Crippen molar-refractivity contribution in [2.75, 3.05) is 13.2 Å². The van der Waals surface area contributed by atoms with Gasteiger partial charge in [-0.3, -0.25) is 4.79 Å². The summed E-state index contributed by atoms with van der Waals surface area (Å²) in [5.74, 6) is 0.404. The smallest absolute Gasteiger partial charge is 0.306 e. The zero-order valence-corrected chi connectivity index (χ0v) is 10.9. The number of carbonyl (C=O) groups excluding carboxylic acids is 1. The van der Waals surface area contributed by atoms with Crippen LogP contribution in [-0.2, 0) is 9.53 Å². The first kappa shape index (κ1) is 13.8. The first-order valence-corrected chi connectivity index (χ1v) is 7.11. The lowest BCUT2D eigenvalue weighted by Crippen LogP contribution is -2.48. The number of rotatable bonds is 2. The van der Waals surface area contributed by atoms with Gasteiger partial charge < -0.3 is 14.9 Å². The molecule has 0 aromatic carbocycles. The molecule has 1 aliphatic heterocycles. The molecule has 1 saturated carbocycles. The highest BCUT2D eigenvalue weighted by Crippen LogP contribution is 2.42. The second kappa shape index (κ2) is 6.02. The van der Waals surface area contributed by atoms with Crippen molar-refractivity contribution in [3.8, 4) is 0 Å². The minimum absolute atomic E-state index is 0.103. The normalized spacial score (nSPS) is 32.7. The average molecular weight is 256 g/mol. The molecule has 104 valence electrons. The molecule has 2 bridgehead atoms. The van der Waals surface area contributed by atoms with E-state index in [1.54, 1.807) is 0 Å². The fourth-order valence-corrected chi connectivity index (χ4v) is 3.27. The fraction of sp³-hybridized carbons (Fsp3) is 0.929. The first-order valence-electron chi connectivity index (χ1n) is 7.11. The molecule has 2 N–H and O–H groups in total. The molecule has 4 nitrogen and oxygen atoms in total. The van der Waals surface area contributed by atoms with Gasteiger partial charge in [0.2, 0.25) is 0 Å². The molecule has 2 fully saturated rings. The van der Waals surface area contributed by atoms with Crippen LogP contribution in [-0.4, -0.2) is 35.5 Å². The SMILES string of the molecule is O=C1CCCCCC2CCC(CO)(CO)C(C2)O1. The minimum Gasteiger partial charge on any atom is -0.462 e. The summed E-state index contributed by atoms with van der Waals surface area (Å²) in [7, 11) is 0. The van der Waals surface area contributed by atoms with E-state index < -0.39 is 5.41 Å². The second-order valence-electron chi connectivity index (χ2n) is 5.90. The van der Waals surface area contributed by atoms with Gasteiger partial charge in [0, 0.05) is 6.42 Å². The highest BCUT2D eigenvalue weighted by Gasteiger charge is 2.45. The Hall–Kier alpha value is -0.610. The Morgan fingerprint density at radius 3 is 2.67 bits per heavy atom. The molecule has 1 saturated heterocycles. The zero-order valence-electron chi connectivity index (χ0n) is 10.9. The Bertz CT molecular complexity index is 286. The number of ether oxygens (including phenoxy) is 1. The highest BCUT2D eigenvalue weighted by molar-refractivity contribution is 5.69. The molecule has 0 radical (unpaired) electrons. The monoisotopic (exact) mass is 256 g/mol. The lowest BCUT2D eigenvalue weighted by molar-refractivity contribution is -0.170. The van der Waals surface area contributed by atoms with E-state index in [0.29, 0.717) is 12.3 Å². The van der Waals surface area contributed by atoms with Crippen molar-refractivity contribution in [1.82, 2.24) is 0 Å². The lowest BCUT2D eigenvalue weighted by atomic mass is 9.68. The minimum atomic E-state index is -0.620. The van der Waals surface area contributed by atoms with Crippen LogP contribution < -0.4 is 0 Å². The van der Waals surface area contributed by atoms with Crippen LogP contribution >= 0.6 is 0 Å². The van der Waals surface area contributed by atoms with Crippen molar-refractivity contribution in [3.63, 3.8) is 0 Å². The molecule has 2 rings (SSSR count). The molecular formula is C14H24O4. The van der Waals surface area contributed by atoms with Gasteiger partial charge in [0.15, 0.2) is 0 Å². The van der Waals surface area contributed by atoms with Crippen LogP contribution in [0.2, 0.25) is 0 Å². The summed E-state index contributed by atoms with van der Waals surface area (Å²) in [6, 6.07) is 0. The van der Waals surface area contributed by atoms with E-state index in [0.717, 1.165) is 32.1 Å². The molecule has 1 aliphatic carbocycles. The number of aliphatic hydroxyl groups excluding tert-OH is 2. The lowest BCUT2D eigenvalue weighted by Gasteiger charge is -2.44. The number of carbonyl (C=O) groups is 1. The van der Waals surface area contributed by atoms with Crippen LogP contribution in [0.5, 0.6) is 0 Å². The predicted molar refractivity (Wildman–Crippen MR) is 66.9 cm³/mol. The molecular weight excluding hydrogens is 232 g/mol. The Balaban J connectivity index is 2.12. The van der Waals surface area contributed by atoms with Gasteiger partial charge in [-0.1, -0.05) is 19.3 Å². The van der Waals surface area contributed by atoms with Crippen LogP contribution in [0.4, 0.5) is 0 Å². The van der Waals surface area contributed by atoms with Crippen molar-refractivity contribution < 1.29 is 19.7 Å². The Labute approximate surface area is 108 Å². The largest absolute Gasteiger partial charge is 0.462 e. The summed E-state index contributed by atoms with van der Waals surface area (Å²) < 4.78 is 5.54. The van der Waals surface area contributed by atoms with Crippen molar-refractivity contribution in [1.29, 1.82) is 0 Å². The van der Waals surface area contributed by atoms with E-state index in [2.05, 4.69) is 0 Å². The van der Waals surface area contributed by atoms with Crippen molar-refractivity contribution in [2.24, 2.45) is 11.3 Å². The summed E-state index contributed by atoms with van der Waals surface area (Å²) in [6.45, 7) is -0.206. The maximum Gasteiger partial charge on any atom is 0.306 e. The van der Waals surface area contributed by atoms with Crippen LogP contribution in [0, 0.1) is 11.3 Å². The van der Waals surface area contributed by atoms with Crippen LogP contribution in [0.3, 0.4) is 0 Å². The number of hydrogen-bond donors (Lipinski definition) is 2. The molecule has 2 unspecified atom stereocenters. The third-order valence-electron chi connectivity index (χ3n) is 4.68. The molecule has 2 atom stereocenters. The van der Waals surface area contributed by atoms with E-state index in [1.807, 2.05) is 0 Å². The highest BCUT2D eigenvalue weighted by atomic mass is 16.5. The number of esters is 1. The van der Waals surface area contributed by atoms with E-state index in [-0.39, 0.29) is 25.3 Å². The van der Waals surface area contributed by atoms with Gasteiger partial charge in [-0.05, 0) is 31.6 Å². The topological polar surface area (TPSA) is 66.8 Å². The molecule has 2 aliphatic rings. The number of fused-ring (bicyclic) bond motifs is 2. The summed E-state index contributed by atoms with van der Waals surface area (Å²) >= 11 is 0. The summed E-state index contributed by atoms with van der Waals surface area (Å²) in [5.41, 5.74) is -0.620. The van der Waals surface area contributed by atoms with Crippen molar-refractivity contribution >= 4 is 5.97 Å². The summed E-state index contributed by atoms with van der Waals surface area (Å²) in [4.78, 5) is 11.7. The van der Waals surface area contributed by atoms with Crippen LogP contribution in [0.15, 0.2) is 0 Å². The number of hydrogen-bond acceptors (Lipinski definition) is 4. The molecule has 0 aromatic heterocycles. The molecule has 1 heterocycles. The average Bonchev–Trinajstić information content (AvgIpc) is 2.39. The van der Waals surface area contributed by atoms with Gasteiger partial charge in [-0.25, -0.2) is 0 Å². The first-order chi connectivity index (χ1) is 8.70. The van der Waals surface area contributed by atoms with E-state index in [9.17, 15) is 15.0 Å². The van der Waals surface area contributed by atoms with Gasteiger partial charge in [-0.2, -0.15) is 0 Å². The predicted octanol–water partition coefficient (Wildman–Crippen LogP) is 1.63. The van der Waals surface area contributed by atoms with Crippen molar-refractivity contribution in [2.45, 2.75) is 57.5 Å². The standard InChI is InChI=1S/C14H24O4/c15-9-14(10-16)7-6-11-4-2-1-3-5-13(17)18-12(14)8-11/h11-12,15-16H,1-10H2. The van der Waals surface area contributed by atoms with E-state index in [4.69, 9.17) is 4.74 Å². The maximum absolute atomic E-state index is 11.7. The van der Waals surface area contributed by atoms with Gasteiger partial charge in [-0.15, -0.1) is 0 Å². The van der Waals surface area contributed by atoms with Crippen molar-refractivity contribution in [3.05, 3.63) is 0 Å². The van der Waals surface area contributed by atoms with Crippen LogP contribution in [0.1, 0.15) is 51.4 Å². The third-order valence-corrected chi connectivity index (χ3v) is 4.68. The summed E-state index contributed by atoms with van der Waals surface area (Å²) in [5, 5.41) is 19.2. The Morgan fingerprint density at radius 1 is 1.17 bits per heavy atom. The second-order valence-corrected chi connectivity index (χ2v) is 5.90. The molecule has 0 aromatic rings. The van der Waals surface area contributed by atoms with Gasteiger partial charge >= 0.3 is 5.97 Å². The molecule has 0 amide bonds. The Kier molecular flexibility index (Phi) is 4.62. The number of aliphatic hydroxyl groups is 2. The van der Waals surface area contributed by atoms with Crippen LogP contribution in [0.25, 0.3) is 0 Å². The Morgan fingerprint density at radius 2 is 1.94 bits per heavy atom. The third kappa shape index (κ3) is 2.86. The zero-order chi connectivity index (χ0) is 13.0. The molecule has 0 spiro atoms. The van der Waals surface area contributed by atoms with Gasteiger partial charge in [0.05, 0.1) is 18.6 Å². The van der Waals surface area contributed by atoms with Gasteiger partial charge in [0.25, 0.3) is 0 Å². The maximum atomic E-state index is 11.7. The van der Waals surface area contributed by atoms with E-state index >= 15 is 0 Å². The molecule has 18 heavy (non-hydrogen) atoms. The fourth-order valence-electron chi connectivity index (χ4n) is 3.27.